The lowest BCUT2D eigenvalue weighted by Crippen LogP contribution is -2.30. The van der Waals surface area contributed by atoms with Gasteiger partial charge in [-0.3, -0.25) is 4.98 Å². The number of nitrogens with one attached hydrogen (secondary N) is 1. The zero-order valence-electron chi connectivity index (χ0n) is 18.0. The highest BCUT2D eigenvalue weighted by Crippen LogP contribution is 2.42. The van der Waals surface area contributed by atoms with Gasteiger partial charge < -0.3 is 24.3 Å². The highest BCUT2D eigenvalue weighted by atomic mass is 32.1. The molecule has 1 fully saturated rings. The van der Waals surface area contributed by atoms with Gasteiger partial charge >= 0.3 is 0 Å². The summed E-state index contributed by atoms with van der Waals surface area (Å²) in [7, 11) is 0. The molecule has 160 valence electrons. The topological polar surface area (TPSA) is 51.6 Å². The van der Waals surface area contributed by atoms with Crippen molar-refractivity contribution in [3.8, 4) is 17.2 Å². The maximum absolute atomic E-state index is 5.74. The van der Waals surface area contributed by atoms with Crippen molar-refractivity contribution in [1.29, 1.82) is 0 Å². The average Bonchev–Trinajstić information content (AvgIpc) is 3.45. The van der Waals surface area contributed by atoms with Gasteiger partial charge in [-0.2, -0.15) is 0 Å². The molecular weight excluding hydrogens is 408 g/mol. The van der Waals surface area contributed by atoms with Gasteiger partial charge in [-0.25, -0.2) is 0 Å². The third-order valence-corrected chi connectivity index (χ3v) is 6.42. The molecular formula is C24H26N4O2S. The zero-order valence-corrected chi connectivity index (χ0v) is 18.8. The first-order valence-electron chi connectivity index (χ1n) is 10.7. The van der Waals surface area contributed by atoms with Gasteiger partial charge in [0, 0.05) is 35.9 Å². The number of nitrogens with zero attached hydrogens (tertiary/aromatic N) is 3. The largest absolute Gasteiger partial charge is 0.454 e. The lowest BCUT2D eigenvalue weighted by Gasteiger charge is -2.27. The van der Waals surface area contributed by atoms with Gasteiger partial charge in [-0.15, -0.1) is 0 Å². The number of ether oxygens (including phenoxy) is 2. The second kappa shape index (κ2) is 7.89. The molecule has 5 rings (SSSR count). The molecule has 1 saturated heterocycles. The Balaban J connectivity index is 1.60. The lowest BCUT2D eigenvalue weighted by molar-refractivity contribution is 0.174. The molecule has 1 N–H and O–H groups in total. The van der Waals surface area contributed by atoms with E-state index in [0.29, 0.717) is 0 Å². The minimum absolute atomic E-state index is 0.00551. The average molecular weight is 435 g/mol. The zero-order chi connectivity index (χ0) is 21.5. The fourth-order valence-electron chi connectivity index (χ4n) is 4.73. The SMILES string of the molecule is CCCN1C(=S)N[C@@H](c2ccccn2)[C@@H]1c1cc(C)n(-c2ccc3c(c2)OCO3)c1C. The summed E-state index contributed by atoms with van der Waals surface area (Å²) in [4.78, 5) is 6.94. The maximum Gasteiger partial charge on any atom is 0.231 e. The Morgan fingerprint density at radius 3 is 2.74 bits per heavy atom. The van der Waals surface area contributed by atoms with Crippen LogP contribution in [0.3, 0.4) is 0 Å². The van der Waals surface area contributed by atoms with E-state index in [4.69, 9.17) is 21.7 Å². The monoisotopic (exact) mass is 434 g/mol. The molecule has 0 radical (unpaired) electrons. The van der Waals surface area contributed by atoms with Gasteiger partial charge in [0.1, 0.15) is 0 Å². The number of thiocarbonyl (C=S) groups is 1. The van der Waals surface area contributed by atoms with Crippen LogP contribution in [0.4, 0.5) is 0 Å². The van der Waals surface area contributed by atoms with Crippen LogP contribution >= 0.6 is 12.2 Å². The van der Waals surface area contributed by atoms with Crippen LogP contribution < -0.4 is 14.8 Å². The quantitative estimate of drug-likeness (QED) is 0.593. The van der Waals surface area contributed by atoms with E-state index < -0.39 is 0 Å². The maximum atomic E-state index is 5.74. The van der Waals surface area contributed by atoms with Crippen LogP contribution in [0, 0.1) is 13.8 Å². The number of pyridine rings is 1. The summed E-state index contributed by atoms with van der Waals surface area (Å²) >= 11 is 5.74. The number of hydrogen-bond acceptors (Lipinski definition) is 4. The molecule has 1 aromatic carbocycles. The van der Waals surface area contributed by atoms with Crippen molar-refractivity contribution < 1.29 is 9.47 Å². The second-order valence-electron chi connectivity index (χ2n) is 8.02. The lowest BCUT2D eigenvalue weighted by atomic mass is 9.96. The predicted molar refractivity (Wildman–Crippen MR) is 124 cm³/mol. The van der Waals surface area contributed by atoms with Crippen molar-refractivity contribution in [2.45, 2.75) is 39.3 Å². The summed E-state index contributed by atoms with van der Waals surface area (Å²) in [5, 5.41) is 4.32. The van der Waals surface area contributed by atoms with Crippen molar-refractivity contribution in [3.63, 3.8) is 0 Å². The molecule has 3 aromatic rings. The summed E-state index contributed by atoms with van der Waals surface area (Å²) in [5.74, 6) is 1.58. The molecule has 0 aliphatic carbocycles. The van der Waals surface area contributed by atoms with Gasteiger partial charge in [-0.1, -0.05) is 13.0 Å². The predicted octanol–water partition coefficient (Wildman–Crippen LogP) is 4.60. The molecule has 2 atom stereocenters. The van der Waals surface area contributed by atoms with E-state index >= 15 is 0 Å². The fourth-order valence-corrected chi connectivity index (χ4v) is 5.07. The molecule has 6 nitrogen and oxygen atoms in total. The minimum atomic E-state index is 0.00551. The second-order valence-corrected chi connectivity index (χ2v) is 8.41. The highest BCUT2D eigenvalue weighted by Gasteiger charge is 2.41. The van der Waals surface area contributed by atoms with E-state index in [0.717, 1.165) is 41.0 Å². The van der Waals surface area contributed by atoms with Crippen LogP contribution in [-0.2, 0) is 0 Å². The van der Waals surface area contributed by atoms with E-state index in [1.165, 1.54) is 17.0 Å². The van der Waals surface area contributed by atoms with Gasteiger partial charge in [-0.05, 0) is 68.4 Å². The van der Waals surface area contributed by atoms with Crippen molar-refractivity contribution in [1.82, 2.24) is 19.8 Å². The van der Waals surface area contributed by atoms with Crippen LogP contribution in [-0.4, -0.2) is 32.9 Å². The normalized spacial score (nSPS) is 19.7. The number of rotatable bonds is 5. The van der Waals surface area contributed by atoms with E-state index in [9.17, 15) is 0 Å². The molecule has 0 unspecified atom stereocenters. The van der Waals surface area contributed by atoms with Crippen molar-refractivity contribution in [3.05, 3.63) is 71.3 Å². The molecule has 0 bridgehead atoms. The summed E-state index contributed by atoms with van der Waals surface area (Å²) < 4.78 is 13.4. The smallest absolute Gasteiger partial charge is 0.231 e. The molecule has 0 spiro atoms. The Morgan fingerprint density at radius 2 is 1.97 bits per heavy atom. The van der Waals surface area contributed by atoms with Crippen LogP contribution in [0.1, 0.15) is 48.1 Å². The van der Waals surface area contributed by atoms with E-state index in [1.54, 1.807) is 0 Å². The van der Waals surface area contributed by atoms with Crippen LogP contribution in [0.2, 0.25) is 0 Å². The number of aryl methyl sites for hydroxylation is 1. The highest BCUT2D eigenvalue weighted by molar-refractivity contribution is 7.80. The number of aromatic nitrogens is 2. The molecule has 2 aliphatic heterocycles. The molecule has 31 heavy (non-hydrogen) atoms. The van der Waals surface area contributed by atoms with Crippen molar-refractivity contribution >= 4 is 17.3 Å². The first-order chi connectivity index (χ1) is 15.1. The van der Waals surface area contributed by atoms with Gasteiger partial charge in [0.15, 0.2) is 16.6 Å². The van der Waals surface area contributed by atoms with Crippen LogP contribution in [0.25, 0.3) is 5.69 Å². The Hall–Kier alpha value is -3.06. The van der Waals surface area contributed by atoms with E-state index in [-0.39, 0.29) is 18.9 Å². The Labute approximate surface area is 187 Å². The van der Waals surface area contributed by atoms with Crippen LogP contribution in [0.15, 0.2) is 48.7 Å². The standard InChI is InChI=1S/C24H26N4O2S/c1-4-11-27-23(22(26-24(27)31)19-7-5-6-10-25-19)18-12-15(2)28(16(18)3)17-8-9-20-21(13-17)30-14-29-20/h5-10,12-13,22-23H,4,11,14H2,1-3H3,(H,26,31)/t22-,23-/m0/s1. The molecule has 2 aromatic heterocycles. The summed E-state index contributed by atoms with van der Waals surface area (Å²) in [6, 6.07) is 14.5. The third kappa shape index (κ3) is 3.33. The number of fused-ring (bicyclic) bond motifs is 1. The number of hydrogen-bond donors (Lipinski definition) is 1. The molecule has 0 amide bonds. The molecule has 7 heteroatoms. The first-order valence-corrected chi connectivity index (χ1v) is 11.1. The van der Waals surface area contributed by atoms with Gasteiger partial charge in [0.05, 0.1) is 17.8 Å². The van der Waals surface area contributed by atoms with E-state index in [2.05, 4.69) is 58.7 Å². The van der Waals surface area contributed by atoms with E-state index in [1.807, 2.05) is 30.5 Å². The van der Waals surface area contributed by atoms with Crippen molar-refractivity contribution in [2.24, 2.45) is 0 Å². The van der Waals surface area contributed by atoms with Gasteiger partial charge in [0.25, 0.3) is 0 Å². The van der Waals surface area contributed by atoms with Gasteiger partial charge in [0.2, 0.25) is 6.79 Å². The molecule has 4 heterocycles. The summed E-state index contributed by atoms with van der Waals surface area (Å²) in [5.41, 5.74) is 5.68. The minimum Gasteiger partial charge on any atom is -0.454 e. The van der Waals surface area contributed by atoms with Crippen LogP contribution in [0.5, 0.6) is 11.5 Å². The van der Waals surface area contributed by atoms with Crippen molar-refractivity contribution in [2.75, 3.05) is 13.3 Å². The molecule has 0 saturated carbocycles. The first kappa shape index (κ1) is 19.9. The third-order valence-electron chi connectivity index (χ3n) is 6.07. The summed E-state index contributed by atoms with van der Waals surface area (Å²) in [6.07, 6.45) is 2.86. The number of benzene rings is 1. The fraction of sp³-hybridized carbons (Fsp3) is 0.333. The Kier molecular flexibility index (Phi) is 5.06. The Bertz CT molecular complexity index is 1130. The summed E-state index contributed by atoms with van der Waals surface area (Å²) in [6.45, 7) is 7.67. The Morgan fingerprint density at radius 1 is 1.13 bits per heavy atom. The molecule has 2 aliphatic rings.